The summed E-state index contributed by atoms with van der Waals surface area (Å²) in [7, 11) is 1.59. The monoisotopic (exact) mass is 297 g/mol. The van der Waals surface area contributed by atoms with Crippen LogP contribution in [0.4, 0.5) is 5.69 Å². The van der Waals surface area contributed by atoms with Crippen LogP contribution in [0.5, 0.6) is 5.88 Å². The molecule has 6 heteroatoms. The second-order valence-corrected chi connectivity index (χ2v) is 5.31. The number of rotatable bonds is 5. The molecule has 2 aliphatic rings. The Labute approximate surface area is 125 Å². The van der Waals surface area contributed by atoms with E-state index in [2.05, 4.69) is 10.3 Å². The Kier molecular flexibility index (Phi) is 4.83. The standard InChI is InChI=1S/C14H19N3O2.ClH/c1-19-13-5-4-12(8-16-13)17(9-10-2-3-10)14(18)11-6-15-7-11;/h4-5,8,10-11,15H,2-3,6-7,9H2,1H3;1H. The molecule has 1 aromatic rings. The van der Waals surface area contributed by atoms with Crippen molar-refractivity contribution in [3.8, 4) is 5.88 Å². The molecule has 1 amide bonds. The topological polar surface area (TPSA) is 54.5 Å². The zero-order chi connectivity index (χ0) is 13.2. The van der Waals surface area contributed by atoms with Crippen molar-refractivity contribution in [2.24, 2.45) is 11.8 Å². The maximum Gasteiger partial charge on any atom is 0.232 e. The average molecular weight is 298 g/mol. The highest BCUT2D eigenvalue weighted by molar-refractivity contribution is 5.95. The molecule has 1 aliphatic carbocycles. The van der Waals surface area contributed by atoms with Gasteiger partial charge in [0, 0.05) is 25.7 Å². The van der Waals surface area contributed by atoms with Crippen molar-refractivity contribution in [3.63, 3.8) is 0 Å². The molecule has 0 atom stereocenters. The summed E-state index contributed by atoms with van der Waals surface area (Å²) in [6.07, 6.45) is 4.19. The second-order valence-electron chi connectivity index (χ2n) is 5.31. The van der Waals surface area contributed by atoms with Crippen molar-refractivity contribution < 1.29 is 9.53 Å². The molecule has 0 aromatic carbocycles. The molecule has 1 saturated carbocycles. The van der Waals surface area contributed by atoms with E-state index in [-0.39, 0.29) is 24.2 Å². The highest BCUT2D eigenvalue weighted by Gasteiger charge is 2.33. The fraction of sp³-hybridized carbons (Fsp3) is 0.571. The first-order valence-electron chi connectivity index (χ1n) is 6.80. The van der Waals surface area contributed by atoms with Crippen molar-refractivity contribution >= 4 is 24.0 Å². The quantitative estimate of drug-likeness (QED) is 0.894. The van der Waals surface area contributed by atoms with Crippen LogP contribution in [0.1, 0.15) is 12.8 Å². The maximum absolute atomic E-state index is 12.5. The lowest BCUT2D eigenvalue weighted by atomic mass is 10.0. The number of nitrogens with zero attached hydrogens (tertiary/aromatic N) is 2. The average Bonchev–Trinajstić information content (AvgIpc) is 3.18. The molecule has 2 fully saturated rings. The summed E-state index contributed by atoms with van der Waals surface area (Å²) in [5, 5.41) is 3.15. The smallest absolute Gasteiger partial charge is 0.232 e. The number of ether oxygens (including phenoxy) is 1. The molecule has 1 saturated heterocycles. The van der Waals surface area contributed by atoms with Gasteiger partial charge in [0.2, 0.25) is 11.8 Å². The van der Waals surface area contributed by atoms with Gasteiger partial charge < -0.3 is 15.0 Å². The van der Waals surface area contributed by atoms with Crippen LogP contribution >= 0.6 is 12.4 Å². The molecule has 20 heavy (non-hydrogen) atoms. The van der Waals surface area contributed by atoms with Gasteiger partial charge in [-0.05, 0) is 24.8 Å². The molecule has 110 valence electrons. The zero-order valence-electron chi connectivity index (χ0n) is 11.5. The lowest BCUT2D eigenvalue weighted by molar-refractivity contribution is -0.123. The van der Waals surface area contributed by atoms with Crippen molar-refractivity contribution in [2.45, 2.75) is 12.8 Å². The van der Waals surface area contributed by atoms with Crippen molar-refractivity contribution in [3.05, 3.63) is 18.3 Å². The number of amides is 1. The van der Waals surface area contributed by atoms with Gasteiger partial charge in [0.25, 0.3) is 0 Å². The lowest BCUT2D eigenvalue weighted by Crippen LogP contribution is -2.52. The Morgan fingerprint density at radius 2 is 2.20 bits per heavy atom. The van der Waals surface area contributed by atoms with Gasteiger partial charge in [0.15, 0.2) is 0 Å². The van der Waals surface area contributed by atoms with Crippen LogP contribution in [-0.2, 0) is 4.79 Å². The summed E-state index contributed by atoms with van der Waals surface area (Å²) < 4.78 is 5.06. The number of halogens is 1. The van der Waals surface area contributed by atoms with Crippen LogP contribution in [0.2, 0.25) is 0 Å². The van der Waals surface area contributed by atoms with E-state index in [1.54, 1.807) is 13.3 Å². The number of aromatic nitrogens is 1. The molecular weight excluding hydrogens is 278 g/mol. The number of methoxy groups -OCH3 is 1. The van der Waals surface area contributed by atoms with Gasteiger partial charge in [-0.15, -0.1) is 12.4 Å². The molecule has 3 rings (SSSR count). The largest absolute Gasteiger partial charge is 0.481 e. The number of carbonyl (C=O) groups is 1. The Bertz CT molecular complexity index is 458. The summed E-state index contributed by atoms with van der Waals surface area (Å²) >= 11 is 0. The predicted molar refractivity (Wildman–Crippen MR) is 79.5 cm³/mol. The number of hydrogen-bond acceptors (Lipinski definition) is 4. The molecule has 5 nitrogen and oxygen atoms in total. The highest BCUT2D eigenvalue weighted by atomic mass is 35.5. The van der Waals surface area contributed by atoms with Gasteiger partial charge >= 0.3 is 0 Å². The molecule has 0 bridgehead atoms. The number of nitrogens with one attached hydrogen (secondary N) is 1. The third-order valence-electron chi connectivity index (χ3n) is 3.78. The number of carbonyl (C=O) groups excluding carboxylic acids is 1. The van der Waals surface area contributed by atoms with E-state index in [1.165, 1.54) is 12.8 Å². The minimum absolute atomic E-state index is 0. The Hall–Kier alpha value is -1.33. The van der Waals surface area contributed by atoms with Crippen LogP contribution in [0, 0.1) is 11.8 Å². The SMILES string of the molecule is COc1ccc(N(CC2CC2)C(=O)C2CNC2)cn1.Cl. The number of hydrogen-bond donors (Lipinski definition) is 1. The maximum atomic E-state index is 12.5. The molecule has 0 unspecified atom stereocenters. The highest BCUT2D eigenvalue weighted by Crippen LogP contribution is 2.32. The minimum atomic E-state index is 0. The van der Waals surface area contributed by atoms with Crippen molar-refractivity contribution in [1.82, 2.24) is 10.3 Å². The zero-order valence-corrected chi connectivity index (χ0v) is 12.4. The van der Waals surface area contributed by atoms with Crippen LogP contribution in [0.15, 0.2) is 18.3 Å². The summed E-state index contributed by atoms with van der Waals surface area (Å²) in [4.78, 5) is 18.6. The minimum Gasteiger partial charge on any atom is -0.481 e. The normalized spacial score (nSPS) is 17.9. The first kappa shape index (κ1) is 15.1. The van der Waals surface area contributed by atoms with E-state index in [4.69, 9.17) is 4.74 Å². The van der Waals surface area contributed by atoms with Crippen LogP contribution in [0.25, 0.3) is 0 Å². The molecule has 0 spiro atoms. The van der Waals surface area contributed by atoms with Gasteiger partial charge in [0.1, 0.15) is 0 Å². The van der Waals surface area contributed by atoms with Gasteiger partial charge in [0.05, 0.1) is 24.9 Å². The van der Waals surface area contributed by atoms with E-state index < -0.39 is 0 Å². The Balaban J connectivity index is 0.00000147. The lowest BCUT2D eigenvalue weighted by Gasteiger charge is -2.32. The third-order valence-corrected chi connectivity index (χ3v) is 3.78. The van der Waals surface area contributed by atoms with E-state index in [0.717, 1.165) is 25.3 Å². The molecule has 2 heterocycles. The molecule has 1 N–H and O–H groups in total. The van der Waals surface area contributed by atoms with Gasteiger partial charge in [-0.25, -0.2) is 4.98 Å². The van der Waals surface area contributed by atoms with Crippen molar-refractivity contribution in [1.29, 1.82) is 0 Å². The molecule has 1 aromatic heterocycles. The first-order chi connectivity index (χ1) is 9.28. The van der Waals surface area contributed by atoms with E-state index in [1.807, 2.05) is 17.0 Å². The summed E-state index contributed by atoms with van der Waals surface area (Å²) in [6, 6.07) is 3.72. The summed E-state index contributed by atoms with van der Waals surface area (Å²) in [6.45, 7) is 2.41. The molecule has 0 radical (unpaired) electrons. The number of pyridine rings is 1. The second kappa shape index (κ2) is 6.41. The van der Waals surface area contributed by atoms with Crippen LogP contribution < -0.4 is 15.0 Å². The van der Waals surface area contributed by atoms with E-state index in [9.17, 15) is 4.79 Å². The molecule has 1 aliphatic heterocycles. The van der Waals surface area contributed by atoms with Gasteiger partial charge in [-0.1, -0.05) is 0 Å². The fourth-order valence-electron chi connectivity index (χ4n) is 2.22. The van der Waals surface area contributed by atoms with Crippen molar-refractivity contribution in [2.75, 3.05) is 31.6 Å². The Morgan fingerprint density at radius 1 is 1.45 bits per heavy atom. The van der Waals surface area contributed by atoms with Crippen LogP contribution in [-0.4, -0.2) is 37.6 Å². The number of anilines is 1. The summed E-state index contributed by atoms with van der Waals surface area (Å²) in [5.74, 6) is 1.59. The van der Waals surface area contributed by atoms with E-state index >= 15 is 0 Å². The summed E-state index contributed by atoms with van der Waals surface area (Å²) in [5.41, 5.74) is 0.879. The Morgan fingerprint density at radius 3 is 2.65 bits per heavy atom. The first-order valence-corrected chi connectivity index (χ1v) is 6.80. The van der Waals surface area contributed by atoms with Gasteiger partial charge in [-0.2, -0.15) is 0 Å². The predicted octanol–water partition coefficient (Wildman–Crippen LogP) is 1.47. The van der Waals surface area contributed by atoms with Gasteiger partial charge in [-0.3, -0.25) is 4.79 Å². The van der Waals surface area contributed by atoms with Crippen LogP contribution in [0.3, 0.4) is 0 Å². The van der Waals surface area contributed by atoms with E-state index in [0.29, 0.717) is 11.8 Å². The fourth-order valence-corrected chi connectivity index (χ4v) is 2.22. The third kappa shape index (κ3) is 3.22. The molecular formula is C14H20ClN3O2.